The fourth-order valence-corrected chi connectivity index (χ4v) is 3.39. The number of hydrogen-bond donors (Lipinski definition) is 2. The maximum Gasteiger partial charge on any atom is 0.223 e. The Bertz CT molecular complexity index is 627. The van der Waals surface area contributed by atoms with Crippen LogP contribution in [0.3, 0.4) is 0 Å². The second-order valence-electron chi connectivity index (χ2n) is 4.87. The Labute approximate surface area is 123 Å². The largest absolute Gasteiger partial charge is 0.370 e. The molecule has 3 rings (SSSR count). The molecule has 0 spiro atoms. The highest BCUT2D eigenvalue weighted by Gasteiger charge is 2.12. The lowest BCUT2D eigenvalue weighted by Crippen LogP contribution is -2.03. The molecule has 4 nitrogen and oxygen atoms in total. The lowest BCUT2D eigenvalue weighted by Gasteiger charge is -2.07. The number of nitrogens with two attached hydrogens (primary N) is 1. The van der Waals surface area contributed by atoms with Crippen LogP contribution in [0, 0.1) is 0 Å². The first kappa shape index (κ1) is 13.2. The first-order valence-electron chi connectivity index (χ1n) is 6.92. The summed E-state index contributed by atoms with van der Waals surface area (Å²) in [6.45, 7) is 2.85. The number of hydrogen-bond acceptors (Lipinski definition) is 5. The molecule has 104 valence electrons. The molecule has 0 bridgehead atoms. The summed E-state index contributed by atoms with van der Waals surface area (Å²) >= 11 is 1.64. The second kappa shape index (κ2) is 5.71. The second-order valence-corrected chi connectivity index (χ2v) is 5.96. The van der Waals surface area contributed by atoms with E-state index in [0.29, 0.717) is 5.95 Å². The normalized spacial score (nSPS) is 13.2. The van der Waals surface area contributed by atoms with E-state index in [4.69, 9.17) is 5.73 Å². The first-order chi connectivity index (χ1) is 9.74. The third-order valence-electron chi connectivity index (χ3n) is 3.37. The van der Waals surface area contributed by atoms with Gasteiger partial charge in [-0.2, -0.15) is 4.98 Å². The Morgan fingerprint density at radius 1 is 1.20 bits per heavy atom. The van der Waals surface area contributed by atoms with Crippen LogP contribution >= 0.6 is 11.8 Å². The third-order valence-corrected chi connectivity index (χ3v) is 4.28. The summed E-state index contributed by atoms with van der Waals surface area (Å²) in [5, 5.41) is 4.05. The Morgan fingerprint density at radius 2 is 2.05 bits per heavy atom. The van der Waals surface area contributed by atoms with Gasteiger partial charge >= 0.3 is 0 Å². The van der Waals surface area contributed by atoms with Gasteiger partial charge in [-0.25, -0.2) is 4.98 Å². The van der Waals surface area contributed by atoms with Crippen molar-refractivity contribution in [2.24, 2.45) is 0 Å². The fourth-order valence-electron chi connectivity index (χ4n) is 2.50. The number of aromatic nitrogens is 2. The first-order valence-corrected chi connectivity index (χ1v) is 7.74. The number of nitrogens with zero attached hydrogens (tertiary/aromatic N) is 2. The number of fused-ring (bicyclic) bond motifs is 1. The zero-order valence-corrected chi connectivity index (χ0v) is 12.3. The van der Waals surface area contributed by atoms with E-state index in [1.165, 1.54) is 35.3 Å². The van der Waals surface area contributed by atoms with Gasteiger partial charge in [-0.05, 0) is 49.4 Å². The minimum atomic E-state index is 0.312. The fraction of sp³-hybridized carbons (Fsp3) is 0.333. The number of anilines is 2. The van der Waals surface area contributed by atoms with Crippen molar-refractivity contribution >= 4 is 23.5 Å². The number of aryl methyl sites for hydroxylation is 2. The molecule has 0 atom stereocenters. The van der Waals surface area contributed by atoms with Crippen LogP contribution in [-0.2, 0) is 12.8 Å². The third kappa shape index (κ3) is 2.88. The van der Waals surface area contributed by atoms with E-state index in [1.54, 1.807) is 11.8 Å². The van der Waals surface area contributed by atoms with Gasteiger partial charge in [0.05, 0.1) is 0 Å². The van der Waals surface area contributed by atoms with Crippen LogP contribution in [0.15, 0.2) is 34.2 Å². The summed E-state index contributed by atoms with van der Waals surface area (Å²) in [5.41, 5.74) is 8.72. The molecule has 0 amide bonds. The number of nitrogens with one attached hydrogen (secondary N) is 1. The van der Waals surface area contributed by atoms with Crippen LogP contribution < -0.4 is 11.1 Å². The quantitative estimate of drug-likeness (QED) is 0.845. The molecule has 0 aliphatic heterocycles. The molecular formula is C15H18N4S. The molecule has 0 fully saturated rings. The molecule has 0 unspecified atom stereocenters. The number of nitrogen functional groups attached to an aromatic ring is 1. The SMILES string of the molecule is CCNc1cc(Sc2ccc3c(c2)CCC3)nc(N)n1. The average Bonchev–Trinajstić information content (AvgIpc) is 2.85. The van der Waals surface area contributed by atoms with E-state index in [-0.39, 0.29) is 0 Å². The summed E-state index contributed by atoms with van der Waals surface area (Å²) in [6, 6.07) is 8.62. The van der Waals surface area contributed by atoms with Crippen molar-refractivity contribution < 1.29 is 0 Å². The van der Waals surface area contributed by atoms with E-state index < -0.39 is 0 Å². The maximum absolute atomic E-state index is 5.76. The van der Waals surface area contributed by atoms with Crippen molar-refractivity contribution in [1.82, 2.24) is 9.97 Å². The minimum absolute atomic E-state index is 0.312. The van der Waals surface area contributed by atoms with Crippen molar-refractivity contribution in [3.05, 3.63) is 35.4 Å². The Morgan fingerprint density at radius 3 is 2.90 bits per heavy atom. The Kier molecular flexibility index (Phi) is 3.78. The molecule has 3 N–H and O–H groups in total. The van der Waals surface area contributed by atoms with Crippen molar-refractivity contribution in [2.75, 3.05) is 17.6 Å². The van der Waals surface area contributed by atoms with Gasteiger partial charge in [0.25, 0.3) is 0 Å². The molecule has 1 aromatic carbocycles. The summed E-state index contributed by atoms with van der Waals surface area (Å²) in [6.07, 6.45) is 3.68. The Hall–Kier alpha value is -1.75. The van der Waals surface area contributed by atoms with Crippen LogP contribution in [0.5, 0.6) is 0 Å². The lowest BCUT2D eigenvalue weighted by molar-refractivity contribution is 0.911. The van der Waals surface area contributed by atoms with Crippen LogP contribution in [-0.4, -0.2) is 16.5 Å². The monoisotopic (exact) mass is 286 g/mol. The van der Waals surface area contributed by atoms with Crippen LogP contribution in [0.4, 0.5) is 11.8 Å². The molecule has 1 aromatic heterocycles. The molecule has 0 saturated carbocycles. The van der Waals surface area contributed by atoms with Gasteiger partial charge in [-0.3, -0.25) is 0 Å². The van der Waals surface area contributed by atoms with Gasteiger partial charge in [0, 0.05) is 17.5 Å². The zero-order valence-electron chi connectivity index (χ0n) is 11.5. The molecule has 0 radical (unpaired) electrons. The van der Waals surface area contributed by atoms with E-state index in [2.05, 4.69) is 33.5 Å². The highest BCUT2D eigenvalue weighted by atomic mass is 32.2. The molecule has 2 aromatic rings. The van der Waals surface area contributed by atoms with Crippen LogP contribution in [0.2, 0.25) is 0 Å². The number of benzene rings is 1. The average molecular weight is 286 g/mol. The van der Waals surface area contributed by atoms with E-state index in [0.717, 1.165) is 17.4 Å². The van der Waals surface area contributed by atoms with Gasteiger partial charge in [-0.1, -0.05) is 17.8 Å². The molecule has 1 aliphatic carbocycles. The van der Waals surface area contributed by atoms with Gasteiger partial charge in [-0.15, -0.1) is 0 Å². The van der Waals surface area contributed by atoms with Crippen LogP contribution in [0.25, 0.3) is 0 Å². The van der Waals surface area contributed by atoms with Crippen LogP contribution in [0.1, 0.15) is 24.5 Å². The van der Waals surface area contributed by atoms with Gasteiger partial charge in [0.15, 0.2) is 0 Å². The Balaban J connectivity index is 1.83. The molecule has 1 aliphatic rings. The molecule has 20 heavy (non-hydrogen) atoms. The van der Waals surface area contributed by atoms with Gasteiger partial charge in [0.2, 0.25) is 5.95 Å². The van der Waals surface area contributed by atoms with Gasteiger partial charge in [0.1, 0.15) is 10.8 Å². The lowest BCUT2D eigenvalue weighted by atomic mass is 10.1. The smallest absolute Gasteiger partial charge is 0.223 e. The standard InChI is InChI=1S/C15H18N4S/c1-2-17-13-9-14(19-15(16)18-13)20-12-7-6-10-4-3-5-11(10)8-12/h6-9H,2-5H2,1H3,(H3,16,17,18,19). The predicted molar refractivity (Wildman–Crippen MR) is 83.2 cm³/mol. The molecule has 5 heteroatoms. The summed E-state index contributed by atoms with van der Waals surface area (Å²) in [4.78, 5) is 9.67. The maximum atomic E-state index is 5.76. The molecule has 1 heterocycles. The predicted octanol–water partition coefficient (Wildman–Crippen LogP) is 3.13. The number of rotatable bonds is 4. The van der Waals surface area contributed by atoms with Crippen molar-refractivity contribution in [3.63, 3.8) is 0 Å². The minimum Gasteiger partial charge on any atom is -0.370 e. The zero-order chi connectivity index (χ0) is 13.9. The topological polar surface area (TPSA) is 63.8 Å². The highest BCUT2D eigenvalue weighted by molar-refractivity contribution is 7.99. The summed E-state index contributed by atoms with van der Waals surface area (Å²) in [5.74, 6) is 1.09. The molecule has 0 saturated heterocycles. The van der Waals surface area contributed by atoms with Crippen molar-refractivity contribution in [1.29, 1.82) is 0 Å². The van der Waals surface area contributed by atoms with E-state index in [9.17, 15) is 0 Å². The van der Waals surface area contributed by atoms with Crippen molar-refractivity contribution in [2.45, 2.75) is 36.1 Å². The van der Waals surface area contributed by atoms with Gasteiger partial charge < -0.3 is 11.1 Å². The van der Waals surface area contributed by atoms with Crippen molar-refractivity contribution in [3.8, 4) is 0 Å². The van der Waals surface area contributed by atoms with E-state index >= 15 is 0 Å². The highest BCUT2D eigenvalue weighted by Crippen LogP contribution is 2.32. The summed E-state index contributed by atoms with van der Waals surface area (Å²) < 4.78 is 0. The summed E-state index contributed by atoms with van der Waals surface area (Å²) in [7, 11) is 0. The van der Waals surface area contributed by atoms with E-state index in [1.807, 2.05) is 13.0 Å². The molecular weight excluding hydrogens is 268 g/mol.